The largest absolute Gasteiger partial charge is 0.317 e. The van der Waals surface area contributed by atoms with Crippen molar-refractivity contribution in [3.05, 3.63) is 0 Å². The van der Waals surface area contributed by atoms with Crippen molar-refractivity contribution in [3.8, 4) is 0 Å². The number of sulfone groups is 1. The Labute approximate surface area is 101 Å². The molecule has 0 rings (SSSR count). The van der Waals surface area contributed by atoms with Crippen LogP contribution >= 0.6 is 0 Å². The minimum absolute atomic E-state index is 0.272. The summed E-state index contributed by atoms with van der Waals surface area (Å²) in [5.74, 6) is 1.31. The Kier molecular flexibility index (Phi) is 8.02. The van der Waals surface area contributed by atoms with Gasteiger partial charge in [0.05, 0.1) is 5.75 Å². The quantitative estimate of drug-likeness (QED) is 0.637. The molecular formula is C12H27NO2S. The van der Waals surface area contributed by atoms with Crippen molar-refractivity contribution < 1.29 is 8.42 Å². The molecule has 0 aliphatic carbocycles. The molecule has 0 aromatic rings. The maximum absolute atomic E-state index is 11.3. The fourth-order valence-corrected chi connectivity index (χ4v) is 2.74. The van der Waals surface area contributed by atoms with Gasteiger partial charge in [0.2, 0.25) is 0 Å². The average molecular weight is 249 g/mol. The second-order valence-corrected chi connectivity index (χ2v) is 7.32. The van der Waals surface area contributed by atoms with E-state index in [9.17, 15) is 8.42 Å². The van der Waals surface area contributed by atoms with E-state index in [1.165, 1.54) is 0 Å². The molecule has 0 aliphatic heterocycles. The molecule has 0 radical (unpaired) electrons. The van der Waals surface area contributed by atoms with Gasteiger partial charge < -0.3 is 5.32 Å². The standard InChI is InChI=1S/C12H27NO2S/c1-5-16(14,15)9-7-6-8-12(13-4)10-11(2)3/h11-13H,5-10H2,1-4H3. The Morgan fingerprint density at radius 1 is 1.19 bits per heavy atom. The highest BCUT2D eigenvalue weighted by Crippen LogP contribution is 2.11. The maximum Gasteiger partial charge on any atom is 0.150 e. The van der Waals surface area contributed by atoms with Gasteiger partial charge in [-0.05, 0) is 32.2 Å². The number of hydrogen-bond donors (Lipinski definition) is 1. The number of rotatable bonds is 9. The number of unbranched alkanes of at least 4 members (excludes halogenated alkanes) is 1. The first kappa shape index (κ1) is 15.9. The lowest BCUT2D eigenvalue weighted by Crippen LogP contribution is -2.26. The van der Waals surface area contributed by atoms with Crippen LogP contribution in [0.1, 0.15) is 46.5 Å². The van der Waals surface area contributed by atoms with E-state index in [0.717, 1.165) is 25.7 Å². The molecule has 3 nitrogen and oxygen atoms in total. The first-order valence-electron chi connectivity index (χ1n) is 6.29. The minimum Gasteiger partial charge on any atom is -0.317 e. The molecule has 16 heavy (non-hydrogen) atoms. The fraction of sp³-hybridized carbons (Fsp3) is 1.00. The van der Waals surface area contributed by atoms with E-state index in [4.69, 9.17) is 0 Å². The smallest absolute Gasteiger partial charge is 0.150 e. The van der Waals surface area contributed by atoms with Gasteiger partial charge >= 0.3 is 0 Å². The highest BCUT2D eigenvalue weighted by Gasteiger charge is 2.10. The predicted molar refractivity (Wildman–Crippen MR) is 70.5 cm³/mol. The molecule has 0 amide bonds. The molecule has 4 heteroatoms. The van der Waals surface area contributed by atoms with Crippen LogP contribution < -0.4 is 5.32 Å². The van der Waals surface area contributed by atoms with Crippen LogP contribution in [-0.4, -0.2) is 33.0 Å². The summed E-state index contributed by atoms with van der Waals surface area (Å²) >= 11 is 0. The van der Waals surface area contributed by atoms with Gasteiger partial charge in [-0.25, -0.2) is 8.42 Å². The topological polar surface area (TPSA) is 46.2 Å². The molecule has 0 aliphatic rings. The second kappa shape index (κ2) is 8.07. The summed E-state index contributed by atoms with van der Waals surface area (Å²) in [4.78, 5) is 0. The lowest BCUT2D eigenvalue weighted by atomic mass is 9.99. The summed E-state index contributed by atoms with van der Waals surface area (Å²) in [5, 5.41) is 3.30. The van der Waals surface area contributed by atoms with E-state index in [2.05, 4.69) is 19.2 Å². The monoisotopic (exact) mass is 249 g/mol. The molecule has 0 spiro atoms. The van der Waals surface area contributed by atoms with Gasteiger partial charge in [0.25, 0.3) is 0 Å². The summed E-state index contributed by atoms with van der Waals surface area (Å²) in [6.07, 6.45) is 4.04. The summed E-state index contributed by atoms with van der Waals surface area (Å²) in [6, 6.07) is 0.532. The minimum atomic E-state index is -2.77. The third-order valence-corrected chi connectivity index (χ3v) is 4.65. The molecule has 0 bridgehead atoms. The zero-order valence-corrected chi connectivity index (χ0v) is 11.9. The van der Waals surface area contributed by atoms with Gasteiger partial charge in [0.15, 0.2) is 0 Å². The second-order valence-electron chi connectivity index (χ2n) is 4.85. The molecular weight excluding hydrogens is 222 g/mol. The molecule has 98 valence electrons. The van der Waals surface area contributed by atoms with E-state index >= 15 is 0 Å². The van der Waals surface area contributed by atoms with Crippen molar-refractivity contribution >= 4 is 9.84 Å². The Hall–Kier alpha value is -0.0900. The van der Waals surface area contributed by atoms with Gasteiger partial charge in [-0.3, -0.25) is 0 Å². The predicted octanol–water partition coefficient (Wildman–Crippen LogP) is 2.23. The Morgan fingerprint density at radius 3 is 2.25 bits per heavy atom. The normalized spacial score (nSPS) is 14.3. The molecule has 0 aromatic carbocycles. The van der Waals surface area contributed by atoms with Gasteiger partial charge in [0, 0.05) is 11.8 Å². The van der Waals surface area contributed by atoms with Gasteiger partial charge in [-0.15, -0.1) is 0 Å². The first-order chi connectivity index (χ1) is 7.41. The van der Waals surface area contributed by atoms with Crippen molar-refractivity contribution in [2.45, 2.75) is 52.5 Å². The molecule has 0 saturated heterocycles. The van der Waals surface area contributed by atoms with Crippen molar-refractivity contribution in [2.75, 3.05) is 18.6 Å². The first-order valence-corrected chi connectivity index (χ1v) is 8.11. The van der Waals surface area contributed by atoms with E-state index in [1.807, 2.05) is 7.05 Å². The van der Waals surface area contributed by atoms with Crippen LogP contribution in [0.25, 0.3) is 0 Å². The van der Waals surface area contributed by atoms with Crippen molar-refractivity contribution in [3.63, 3.8) is 0 Å². The third-order valence-electron chi connectivity index (χ3n) is 2.86. The van der Waals surface area contributed by atoms with Crippen molar-refractivity contribution in [1.29, 1.82) is 0 Å². The Morgan fingerprint density at radius 2 is 1.81 bits per heavy atom. The Bertz CT molecular complexity index is 260. The van der Waals surface area contributed by atoms with Crippen LogP contribution in [0.5, 0.6) is 0 Å². The highest BCUT2D eigenvalue weighted by atomic mass is 32.2. The molecule has 0 heterocycles. The molecule has 1 unspecified atom stereocenters. The lowest BCUT2D eigenvalue weighted by molar-refractivity contribution is 0.411. The van der Waals surface area contributed by atoms with Crippen LogP contribution in [0.2, 0.25) is 0 Å². The van der Waals surface area contributed by atoms with Crippen molar-refractivity contribution in [2.24, 2.45) is 5.92 Å². The Balaban J connectivity index is 3.71. The summed E-state index contributed by atoms with van der Waals surface area (Å²) in [5.41, 5.74) is 0. The molecule has 0 fully saturated rings. The molecule has 0 saturated carbocycles. The molecule has 0 aromatic heterocycles. The van der Waals surface area contributed by atoms with Crippen LogP contribution in [0, 0.1) is 5.92 Å². The average Bonchev–Trinajstić information content (AvgIpc) is 2.22. The van der Waals surface area contributed by atoms with Gasteiger partial charge in [-0.2, -0.15) is 0 Å². The maximum atomic E-state index is 11.3. The fourth-order valence-electron chi connectivity index (χ4n) is 1.81. The molecule has 1 N–H and O–H groups in total. The SMILES string of the molecule is CCS(=O)(=O)CCCCC(CC(C)C)NC. The number of hydrogen-bond acceptors (Lipinski definition) is 3. The highest BCUT2D eigenvalue weighted by molar-refractivity contribution is 7.91. The summed E-state index contributed by atoms with van der Waals surface area (Å²) in [7, 11) is -0.786. The van der Waals surface area contributed by atoms with Crippen molar-refractivity contribution in [1.82, 2.24) is 5.32 Å². The third kappa shape index (κ3) is 8.11. The van der Waals surface area contributed by atoms with Crippen LogP contribution in [0.15, 0.2) is 0 Å². The van der Waals surface area contributed by atoms with E-state index in [1.54, 1.807) is 6.92 Å². The zero-order valence-electron chi connectivity index (χ0n) is 11.1. The zero-order chi connectivity index (χ0) is 12.6. The molecule has 1 atom stereocenters. The van der Waals surface area contributed by atoms with E-state index < -0.39 is 9.84 Å². The van der Waals surface area contributed by atoms with Crippen LogP contribution in [-0.2, 0) is 9.84 Å². The van der Waals surface area contributed by atoms with E-state index in [-0.39, 0.29) is 5.75 Å². The van der Waals surface area contributed by atoms with Crippen LogP contribution in [0.4, 0.5) is 0 Å². The van der Waals surface area contributed by atoms with Gasteiger partial charge in [0.1, 0.15) is 9.84 Å². The lowest BCUT2D eigenvalue weighted by Gasteiger charge is -2.18. The van der Waals surface area contributed by atoms with Gasteiger partial charge in [-0.1, -0.05) is 27.2 Å². The number of nitrogens with one attached hydrogen (secondary N) is 1. The summed E-state index contributed by atoms with van der Waals surface area (Å²) in [6.45, 7) is 6.14. The van der Waals surface area contributed by atoms with Crippen LogP contribution in [0.3, 0.4) is 0 Å². The van der Waals surface area contributed by atoms with E-state index in [0.29, 0.717) is 17.7 Å². The summed E-state index contributed by atoms with van der Waals surface area (Å²) < 4.78 is 22.6.